The standard InChI is InChI=1S/C13H17N3O2/c1-8(14)5-13(18)16(2)10-3-4-11-9(6-10)7-12(17)15-11/h3-4,6,8H,5,7,14H2,1-2H3,(H,15,17). The molecule has 0 saturated heterocycles. The Kier molecular flexibility index (Phi) is 3.34. The first-order chi connectivity index (χ1) is 8.47. The fourth-order valence-corrected chi connectivity index (χ4v) is 1.98. The minimum atomic E-state index is -0.155. The molecule has 2 amide bonds. The van der Waals surface area contributed by atoms with Crippen LogP contribution in [0.1, 0.15) is 18.9 Å². The Hall–Kier alpha value is -1.88. The Balaban J connectivity index is 2.17. The molecule has 1 aromatic rings. The van der Waals surface area contributed by atoms with Crippen molar-refractivity contribution in [3.63, 3.8) is 0 Å². The summed E-state index contributed by atoms with van der Waals surface area (Å²) >= 11 is 0. The lowest BCUT2D eigenvalue weighted by atomic mass is 10.1. The van der Waals surface area contributed by atoms with Gasteiger partial charge in [-0.2, -0.15) is 0 Å². The molecule has 1 aliphatic heterocycles. The Morgan fingerprint density at radius 1 is 1.56 bits per heavy atom. The van der Waals surface area contributed by atoms with E-state index in [-0.39, 0.29) is 17.9 Å². The highest BCUT2D eigenvalue weighted by molar-refractivity contribution is 6.00. The number of nitrogens with zero attached hydrogens (tertiary/aromatic N) is 1. The summed E-state index contributed by atoms with van der Waals surface area (Å²) in [6.07, 6.45) is 0.684. The van der Waals surface area contributed by atoms with E-state index in [0.717, 1.165) is 16.9 Å². The van der Waals surface area contributed by atoms with Crippen molar-refractivity contribution >= 4 is 23.2 Å². The molecule has 5 heteroatoms. The summed E-state index contributed by atoms with van der Waals surface area (Å²) in [4.78, 5) is 24.7. The van der Waals surface area contributed by atoms with Gasteiger partial charge < -0.3 is 16.0 Å². The Bertz CT molecular complexity index is 497. The molecule has 0 aliphatic carbocycles. The number of amides is 2. The third-order valence-corrected chi connectivity index (χ3v) is 2.97. The van der Waals surface area contributed by atoms with Gasteiger partial charge in [0.25, 0.3) is 0 Å². The van der Waals surface area contributed by atoms with Crippen LogP contribution >= 0.6 is 0 Å². The van der Waals surface area contributed by atoms with Gasteiger partial charge in [0.2, 0.25) is 11.8 Å². The van der Waals surface area contributed by atoms with Gasteiger partial charge in [-0.1, -0.05) is 0 Å². The number of benzene rings is 1. The summed E-state index contributed by atoms with van der Waals surface area (Å²) in [7, 11) is 1.72. The highest BCUT2D eigenvalue weighted by Gasteiger charge is 2.20. The van der Waals surface area contributed by atoms with Gasteiger partial charge in [-0.15, -0.1) is 0 Å². The fraction of sp³-hybridized carbons (Fsp3) is 0.385. The SMILES string of the molecule is CC(N)CC(=O)N(C)c1ccc2c(c1)CC(=O)N2. The van der Waals surface area contributed by atoms with Crippen LogP contribution in [0.25, 0.3) is 0 Å². The maximum Gasteiger partial charge on any atom is 0.228 e. The molecule has 1 aliphatic rings. The molecule has 1 aromatic carbocycles. The van der Waals surface area contributed by atoms with E-state index in [1.807, 2.05) is 18.2 Å². The number of carbonyl (C=O) groups excluding carboxylic acids is 2. The van der Waals surface area contributed by atoms with E-state index in [9.17, 15) is 9.59 Å². The van der Waals surface area contributed by atoms with E-state index < -0.39 is 0 Å². The smallest absolute Gasteiger partial charge is 0.228 e. The summed E-state index contributed by atoms with van der Waals surface area (Å²) in [5.74, 6) is -0.0334. The second-order valence-corrected chi connectivity index (χ2v) is 4.70. The van der Waals surface area contributed by atoms with Crippen LogP contribution in [-0.2, 0) is 16.0 Å². The van der Waals surface area contributed by atoms with Gasteiger partial charge in [-0.3, -0.25) is 9.59 Å². The number of nitrogens with two attached hydrogens (primary N) is 1. The fourth-order valence-electron chi connectivity index (χ4n) is 1.98. The van der Waals surface area contributed by atoms with Gasteiger partial charge in [0, 0.05) is 30.9 Å². The van der Waals surface area contributed by atoms with E-state index in [4.69, 9.17) is 5.73 Å². The minimum absolute atomic E-state index is 0.00768. The summed E-state index contributed by atoms with van der Waals surface area (Å²) in [6.45, 7) is 1.80. The molecule has 0 spiro atoms. The van der Waals surface area contributed by atoms with Gasteiger partial charge >= 0.3 is 0 Å². The lowest BCUT2D eigenvalue weighted by molar-refractivity contribution is -0.118. The van der Waals surface area contributed by atoms with Crippen molar-refractivity contribution in [3.8, 4) is 0 Å². The third-order valence-electron chi connectivity index (χ3n) is 2.97. The molecule has 1 unspecified atom stereocenters. The Morgan fingerprint density at radius 2 is 2.28 bits per heavy atom. The first kappa shape index (κ1) is 12.6. The van der Waals surface area contributed by atoms with Gasteiger partial charge in [0.15, 0.2) is 0 Å². The molecule has 5 nitrogen and oxygen atoms in total. The maximum absolute atomic E-state index is 11.9. The first-order valence-electron chi connectivity index (χ1n) is 5.92. The molecule has 1 atom stereocenters. The monoisotopic (exact) mass is 247 g/mol. The van der Waals surface area contributed by atoms with Gasteiger partial charge in [0.1, 0.15) is 0 Å². The number of rotatable bonds is 3. The van der Waals surface area contributed by atoms with E-state index >= 15 is 0 Å². The minimum Gasteiger partial charge on any atom is -0.327 e. The molecule has 0 bridgehead atoms. The van der Waals surface area contributed by atoms with E-state index in [1.54, 1.807) is 18.9 Å². The average Bonchev–Trinajstić information content (AvgIpc) is 2.65. The van der Waals surface area contributed by atoms with Gasteiger partial charge in [0.05, 0.1) is 6.42 Å². The number of hydrogen-bond donors (Lipinski definition) is 2. The average molecular weight is 247 g/mol. The van der Waals surface area contributed by atoms with Crippen LogP contribution in [0.4, 0.5) is 11.4 Å². The molecule has 96 valence electrons. The van der Waals surface area contributed by atoms with E-state index in [1.165, 1.54) is 0 Å². The third kappa shape index (κ3) is 2.51. The Morgan fingerprint density at radius 3 is 2.94 bits per heavy atom. The highest BCUT2D eigenvalue weighted by atomic mass is 16.2. The normalized spacial score (nSPS) is 14.9. The van der Waals surface area contributed by atoms with Crippen LogP contribution < -0.4 is 16.0 Å². The summed E-state index contributed by atoms with van der Waals surface area (Å²) < 4.78 is 0. The second kappa shape index (κ2) is 4.78. The number of nitrogens with one attached hydrogen (secondary N) is 1. The van der Waals surface area contributed by atoms with Crippen molar-refractivity contribution in [1.29, 1.82) is 0 Å². The molecule has 0 saturated carbocycles. The predicted molar refractivity (Wildman–Crippen MR) is 70.5 cm³/mol. The molecule has 18 heavy (non-hydrogen) atoms. The van der Waals surface area contributed by atoms with Crippen LogP contribution in [0, 0.1) is 0 Å². The predicted octanol–water partition coefficient (Wildman–Crippen LogP) is 0.881. The lowest BCUT2D eigenvalue weighted by Gasteiger charge is -2.19. The van der Waals surface area contributed by atoms with Gasteiger partial charge in [-0.25, -0.2) is 0 Å². The largest absolute Gasteiger partial charge is 0.327 e. The number of fused-ring (bicyclic) bond motifs is 1. The first-order valence-corrected chi connectivity index (χ1v) is 5.92. The zero-order chi connectivity index (χ0) is 13.3. The molecule has 3 N–H and O–H groups in total. The maximum atomic E-state index is 11.9. The molecule has 0 fully saturated rings. The van der Waals surface area contributed by atoms with Crippen molar-refractivity contribution < 1.29 is 9.59 Å². The van der Waals surface area contributed by atoms with Crippen molar-refractivity contribution in [1.82, 2.24) is 0 Å². The molecule has 0 aromatic heterocycles. The van der Waals surface area contributed by atoms with Crippen LogP contribution in [-0.4, -0.2) is 24.9 Å². The number of anilines is 2. The topological polar surface area (TPSA) is 75.4 Å². The molecular weight excluding hydrogens is 230 g/mol. The van der Waals surface area contributed by atoms with Crippen LogP contribution in [0.2, 0.25) is 0 Å². The molecule has 2 rings (SSSR count). The van der Waals surface area contributed by atoms with Crippen molar-refractivity contribution in [3.05, 3.63) is 23.8 Å². The summed E-state index contributed by atoms with van der Waals surface area (Å²) in [5, 5.41) is 2.76. The molecule has 1 heterocycles. The van der Waals surface area contributed by atoms with Gasteiger partial charge in [-0.05, 0) is 30.7 Å². The number of carbonyl (C=O) groups is 2. The van der Waals surface area contributed by atoms with Crippen LogP contribution in [0.3, 0.4) is 0 Å². The Labute approximate surface area is 106 Å². The zero-order valence-corrected chi connectivity index (χ0v) is 10.6. The highest BCUT2D eigenvalue weighted by Crippen LogP contribution is 2.27. The van der Waals surface area contributed by atoms with Crippen LogP contribution in [0.15, 0.2) is 18.2 Å². The number of hydrogen-bond acceptors (Lipinski definition) is 3. The van der Waals surface area contributed by atoms with Crippen LogP contribution in [0.5, 0.6) is 0 Å². The quantitative estimate of drug-likeness (QED) is 0.832. The van der Waals surface area contributed by atoms with Crippen molar-refractivity contribution in [2.75, 3.05) is 17.3 Å². The van der Waals surface area contributed by atoms with E-state index in [0.29, 0.717) is 12.8 Å². The van der Waals surface area contributed by atoms with E-state index in [2.05, 4.69) is 5.32 Å². The zero-order valence-electron chi connectivity index (χ0n) is 10.6. The molecular formula is C13H17N3O2. The summed E-state index contributed by atoms with van der Waals surface area (Å²) in [5.41, 5.74) is 8.16. The van der Waals surface area contributed by atoms with Crippen molar-refractivity contribution in [2.24, 2.45) is 5.73 Å². The summed E-state index contributed by atoms with van der Waals surface area (Å²) in [6, 6.07) is 5.36. The second-order valence-electron chi connectivity index (χ2n) is 4.70. The lowest BCUT2D eigenvalue weighted by Crippen LogP contribution is -2.31. The van der Waals surface area contributed by atoms with Crippen molar-refractivity contribution in [2.45, 2.75) is 25.8 Å². The molecule has 0 radical (unpaired) electrons.